The Morgan fingerprint density at radius 2 is 1.90 bits per heavy atom. The molecule has 0 bridgehead atoms. The fourth-order valence-corrected chi connectivity index (χ4v) is 5.21. The maximum atomic E-state index is 13.0. The number of imidazole rings is 1. The van der Waals surface area contributed by atoms with Gasteiger partial charge in [0.25, 0.3) is 0 Å². The summed E-state index contributed by atoms with van der Waals surface area (Å²) in [5.41, 5.74) is 1.77. The summed E-state index contributed by atoms with van der Waals surface area (Å²) in [5.74, 6) is 1.01. The topological polar surface area (TPSA) is 67.7 Å². The first-order valence-corrected chi connectivity index (χ1v) is 12.2. The monoisotopic (exact) mass is 422 g/mol. The number of benzene rings is 1. The third-order valence-electron chi connectivity index (χ3n) is 5.49. The number of nitrogens with zero attached hydrogens (tertiary/aromatic N) is 4. The fourth-order valence-electron chi connectivity index (χ4n) is 3.78. The molecule has 1 aromatic heterocycles. The van der Waals surface area contributed by atoms with E-state index in [1.54, 1.807) is 12.1 Å². The molecule has 7 nitrogen and oxygen atoms in total. The summed E-state index contributed by atoms with van der Waals surface area (Å²) in [6.45, 7) is 11.9. The van der Waals surface area contributed by atoms with E-state index in [0.717, 1.165) is 49.5 Å². The van der Waals surface area contributed by atoms with Crippen LogP contribution >= 0.6 is 0 Å². The number of morpholine rings is 1. The average Bonchev–Trinajstić information content (AvgIpc) is 3.08. The molecule has 1 saturated heterocycles. The molecule has 8 heteroatoms. The number of fused-ring (bicyclic) bond motifs is 1. The van der Waals surface area contributed by atoms with Crippen LogP contribution in [-0.2, 0) is 27.8 Å². The van der Waals surface area contributed by atoms with E-state index in [2.05, 4.69) is 30.2 Å². The second-order valence-corrected chi connectivity index (χ2v) is 9.51. The second kappa shape index (κ2) is 10.0. The van der Waals surface area contributed by atoms with Gasteiger partial charge in [0.05, 0.1) is 35.7 Å². The maximum absolute atomic E-state index is 13.0. The van der Waals surface area contributed by atoms with Crippen LogP contribution in [0.2, 0.25) is 0 Å². The van der Waals surface area contributed by atoms with Gasteiger partial charge in [-0.25, -0.2) is 13.4 Å². The highest BCUT2D eigenvalue weighted by molar-refractivity contribution is 7.89. The molecule has 1 fully saturated rings. The zero-order valence-electron chi connectivity index (χ0n) is 17.9. The van der Waals surface area contributed by atoms with E-state index in [4.69, 9.17) is 9.72 Å². The largest absolute Gasteiger partial charge is 0.379 e. The zero-order valence-corrected chi connectivity index (χ0v) is 18.7. The minimum absolute atomic E-state index is 0.318. The van der Waals surface area contributed by atoms with E-state index in [0.29, 0.717) is 31.2 Å². The van der Waals surface area contributed by atoms with Crippen LogP contribution in [0.5, 0.6) is 0 Å². The van der Waals surface area contributed by atoms with Gasteiger partial charge in [0, 0.05) is 19.6 Å². The lowest BCUT2D eigenvalue weighted by Crippen LogP contribution is -2.40. The van der Waals surface area contributed by atoms with E-state index >= 15 is 0 Å². The van der Waals surface area contributed by atoms with Gasteiger partial charge in [0.2, 0.25) is 10.0 Å². The highest BCUT2D eigenvalue weighted by Crippen LogP contribution is 2.24. The van der Waals surface area contributed by atoms with Crippen molar-refractivity contribution in [1.29, 1.82) is 0 Å². The molecule has 1 aliphatic rings. The molecule has 2 heterocycles. The quantitative estimate of drug-likeness (QED) is 0.589. The van der Waals surface area contributed by atoms with Crippen LogP contribution in [0.15, 0.2) is 23.1 Å². The number of sulfonamides is 1. The summed E-state index contributed by atoms with van der Waals surface area (Å²) < 4.78 is 35.1. The number of unbranched alkanes of at least 4 members (excludes halogenated alkanes) is 1. The SMILES string of the molecule is CCCCN(CC)Cc1nc2cc(S(=O)(=O)N3CCOCC3)ccc2n1CCC. The molecule has 0 N–H and O–H groups in total. The van der Waals surface area contributed by atoms with Crippen molar-refractivity contribution in [3.8, 4) is 0 Å². The lowest BCUT2D eigenvalue weighted by molar-refractivity contribution is 0.0730. The summed E-state index contributed by atoms with van der Waals surface area (Å²) in [7, 11) is -3.52. The number of aryl methyl sites for hydroxylation is 1. The van der Waals surface area contributed by atoms with Gasteiger partial charge in [-0.3, -0.25) is 4.90 Å². The Bertz CT molecular complexity index is 904. The molecule has 162 valence electrons. The van der Waals surface area contributed by atoms with Crippen LogP contribution in [0, 0.1) is 0 Å². The zero-order chi connectivity index (χ0) is 20.9. The van der Waals surface area contributed by atoms with Gasteiger partial charge >= 0.3 is 0 Å². The van der Waals surface area contributed by atoms with Gasteiger partial charge in [-0.2, -0.15) is 4.31 Å². The minimum Gasteiger partial charge on any atom is -0.379 e. The lowest BCUT2D eigenvalue weighted by Gasteiger charge is -2.26. The summed E-state index contributed by atoms with van der Waals surface area (Å²) in [6.07, 6.45) is 3.35. The van der Waals surface area contributed by atoms with Gasteiger partial charge in [0.1, 0.15) is 5.82 Å². The Kier molecular flexibility index (Phi) is 7.67. The van der Waals surface area contributed by atoms with Gasteiger partial charge in [-0.15, -0.1) is 0 Å². The Hall–Kier alpha value is -1.48. The predicted molar refractivity (Wildman–Crippen MR) is 115 cm³/mol. The van der Waals surface area contributed by atoms with Crippen molar-refractivity contribution in [1.82, 2.24) is 18.8 Å². The molecule has 0 spiro atoms. The normalized spacial score (nSPS) is 16.1. The summed E-state index contributed by atoms with van der Waals surface area (Å²) in [6, 6.07) is 5.37. The predicted octanol–water partition coefficient (Wildman–Crippen LogP) is 3.09. The highest BCUT2D eigenvalue weighted by Gasteiger charge is 2.27. The Morgan fingerprint density at radius 1 is 1.14 bits per heavy atom. The van der Waals surface area contributed by atoms with E-state index in [9.17, 15) is 8.42 Å². The molecule has 29 heavy (non-hydrogen) atoms. The van der Waals surface area contributed by atoms with Crippen molar-refractivity contribution in [2.75, 3.05) is 39.4 Å². The van der Waals surface area contributed by atoms with E-state index in [1.807, 2.05) is 6.07 Å². The maximum Gasteiger partial charge on any atom is 0.243 e. The van der Waals surface area contributed by atoms with Crippen LogP contribution in [0.4, 0.5) is 0 Å². The van der Waals surface area contributed by atoms with Gasteiger partial charge in [0.15, 0.2) is 0 Å². The van der Waals surface area contributed by atoms with Crippen molar-refractivity contribution in [2.45, 2.75) is 58.0 Å². The van der Waals surface area contributed by atoms with Crippen LogP contribution in [0.25, 0.3) is 11.0 Å². The van der Waals surface area contributed by atoms with Crippen molar-refractivity contribution in [2.24, 2.45) is 0 Å². The molecule has 0 unspecified atom stereocenters. The minimum atomic E-state index is -3.52. The smallest absolute Gasteiger partial charge is 0.243 e. The number of hydrogen-bond donors (Lipinski definition) is 0. The molecular formula is C21H34N4O3S. The second-order valence-electron chi connectivity index (χ2n) is 7.57. The van der Waals surface area contributed by atoms with E-state index in [-0.39, 0.29) is 0 Å². The van der Waals surface area contributed by atoms with Gasteiger partial charge in [-0.1, -0.05) is 27.2 Å². The lowest BCUT2D eigenvalue weighted by atomic mass is 10.3. The average molecular weight is 423 g/mol. The van der Waals surface area contributed by atoms with Gasteiger partial charge in [-0.05, 0) is 44.1 Å². The molecule has 1 aliphatic heterocycles. The number of ether oxygens (including phenoxy) is 1. The van der Waals surface area contributed by atoms with Crippen molar-refractivity contribution in [3.63, 3.8) is 0 Å². The molecular weight excluding hydrogens is 388 g/mol. The Morgan fingerprint density at radius 3 is 2.55 bits per heavy atom. The van der Waals surface area contributed by atoms with Crippen LogP contribution < -0.4 is 0 Å². The molecule has 3 rings (SSSR count). The number of aromatic nitrogens is 2. The van der Waals surface area contributed by atoms with Crippen LogP contribution in [-0.4, -0.2) is 66.6 Å². The Labute approximate surface area is 174 Å². The number of hydrogen-bond acceptors (Lipinski definition) is 5. The first-order valence-electron chi connectivity index (χ1n) is 10.8. The first-order chi connectivity index (χ1) is 14.0. The fraction of sp³-hybridized carbons (Fsp3) is 0.667. The van der Waals surface area contributed by atoms with E-state index in [1.165, 1.54) is 17.1 Å². The van der Waals surface area contributed by atoms with Crippen molar-refractivity contribution in [3.05, 3.63) is 24.0 Å². The Balaban J connectivity index is 1.94. The molecule has 0 radical (unpaired) electrons. The molecule has 1 aromatic carbocycles. The van der Waals surface area contributed by atoms with Crippen LogP contribution in [0.1, 0.15) is 45.9 Å². The molecule has 0 saturated carbocycles. The first kappa shape index (κ1) is 22.2. The third-order valence-corrected chi connectivity index (χ3v) is 7.39. The molecule has 0 aliphatic carbocycles. The summed E-state index contributed by atoms with van der Waals surface area (Å²) >= 11 is 0. The third kappa shape index (κ3) is 4.99. The molecule has 0 atom stereocenters. The van der Waals surface area contributed by atoms with Crippen molar-refractivity contribution >= 4 is 21.1 Å². The molecule has 0 amide bonds. The standard InChI is InChI=1S/C21H34N4O3S/c1-4-7-11-23(6-3)17-21-22-19-16-18(8-9-20(19)25(21)10-5-2)29(26,27)24-12-14-28-15-13-24/h8-9,16H,4-7,10-15,17H2,1-3H3. The van der Waals surface area contributed by atoms with Crippen LogP contribution in [0.3, 0.4) is 0 Å². The molecule has 2 aromatic rings. The summed E-state index contributed by atoms with van der Waals surface area (Å²) in [4.78, 5) is 7.58. The number of rotatable bonds is 10. The van der Waals surface area contributed by atoms with Crippen molar-refractivity contribution < 1.29 is 13.2 Å². The highest BCUT2D eigenvalue weighted by atomic mass is 32.2. The summed E-state index contributed by atoms with van der Waals surface area (Å²) in [5, 5.41) is 0. The van der Waals surface area contributed by atoms with Gasteiger partial charge < -0.3 is 9.30 Å². The van der Waals surface area contributed by atoms with E-state index < -0.39 is 10.0 Å².